The Labute approximate surface area is 174 Å². The Morgan fingerprint density at radius 3 is 2.24 bits per heavy atom. The molecule has 7 heteroatoms. The van der Waals surface area contributed by atoms with Crippen LogP contribution in [-0.4, -0.2) is 42.4 Å². The third-order valence-corrected chi connectivity index (χ3v) is 4.89. The fourth-order valence-electron chi connectivity index (χ4n) is 3.02. The van der Waals surface area contributed by atoms with Crippen molar-refractivity contribution in [3.8, 4) is 0 Å². The van der Waals surface area contributed by atoms with E-state index in [1.165, 1.54) is 0 Å². The minimum Gasteiger partial charge on any atom is -0.352 e. The normalized spacial score (nSPS) is 14.1. The van der Waals surface area contributed by atoms with Crippen molar-refractivity contribution in [3.63, 3.8) is 0 Å². The summed E-state index contributed by atoms with van der Waals surface area (Å²) in [4.78, 5) is 36.5. The SMILES string of the molecule is CCC(C)N[C@@H](Cc1ccccc1)C(=O)N[C@@H](CCCNC(N)=O)C(=O)C(C)C. The summed E-state index contributed by atoms with van der Waals surface area (Å²) in [7, 11) is 0. The van der Waals surface area contributed by atoms with Gasteiger partial charge in [0.05, 0.1) is 12.1 Å². The molecule has 0 fully saturated rings. The van der Waals surface area contributed by atoms with Crippen LogP contribution in [0.4, 0.5) is 4.79 Å². The second kappa shape index (κ2) is 12.9. The lowest BCUT2D eigenvalue weighted by atomic mass is 9.96. The van der Waals surface area contributed by atoms with Crippen molar-refractivity contribution in [3.05, 3.63) is 35.9 Å². The fourth-order valence-corrected chi connectivity index (χ4v) is 3.02. The molecule has 1 aromatic carbocycles. The van der Waals surface area contributed by atoms with Gasteiger partial charge in [-0.15, -0.1) is 0 Å². The second-order valence-electron chi connectivity index (χ2n) is 7.77. The van der Waals surface area contributed by atoms with E-state index in [0.717, 1.165) is 12.0 Å². The van der Waals surface area contributed by atoms with Crippen molar-refractivity contribution < 1.29 is 14.4 Å². The third kappa shape index (κ3) is 9.56. The highest BCUT2D eigenvalue weighted by atomic mass is 16.2. The number of urea groups is 1. The number of carbonyl (C=O) groups excluding carboxylic acids is 3. The largest absolute Gasteiger partial charge is 0.352 e. The van der Waals surface area contributed by atoms with Gasteiger partial charge in [0, 0.05) is 18.5 Å². The number of ketones is 1. The minimum absolute atomic E-state index is 0.0144. The van der Waals surface area contributed by atoms with Crippen LogP contribution >= 0.6 is 0 Å². The van der Waals surface area contributed by atoms with E-state index in [1.807, 2.05) is 51.1 Å². The first-order valence-electron chi connectivity index (χ1n) is 10.4. The number of hydrogen-bond donors (Lipinski definition) is 4. The van der Waals surface area contributed by atoms with Crippen molar-refractivity contribution in [1.82, 2.24) is 16.0 Å². The number of primary amides is 1. The van der Waals surface area contributed by atoms with E-state index >= 15 is 0 Å². The zero-order chi connectivity index (χ0) is 21.8. The summed E-state index contributed by atoms with van der Waals surface area (Å²) in [6.07, 6.45) is 2.44. The van der Waals surface area contributed by atoms with E-state index in [9.17, 15) is 14.4 Å². The highest BCUT2D eigenvalue weighted by molar-refractivity contribution is 5.91. The first-order valence-corrected chi connectivity index (χ1v) is 10.4. The molecular formula is C22H36N4O3. The van der Waals surface area contributed by atoms with Crippen LogP contribution < -0.4 is 21.7 Å². The van der Waals surface area contributed by atoms with Crippen molar-refractivity contribution in [2.24, 2.45) is 11.7 Å². The summed E-state index contributed by atoms with van der Waals surface area (Å²) >= 11 is 0. The molecule has 3 atom stereocenters. The molecule has 3 amide bonds. The molecule has 0 aliphatic carbocycles. The quantitative estimate of drug-likeness (QED) is 0.377. The van der Waals surface area contributed by atoms with E-state index in [1.54, 1.807) is 0 Å². The molecule has 0 spiro atoms. The van der Waals surface area contributed by atoms with Crippen LogP contribution in [0.3, 0.4) is 0 Å². The molecule has 0 radical (unpaired) electrons. The zero-order valence-electron chi connectivity index (χ0n) is 18.0. The van der Waals surface area contributed by atoms with Gasteiger partial charge in [-0.05, 0) is 38.2 Å². The number of nitrogens with one attached hydrogen (secondary N) is 3. The van der Waals surface area contributed by atoms with Gasteiger partial charge >= 0.3 is 6.03 Å². The molecular weight excluding hydrogens is 368 g/mol. The molecule has 0 bridgehead atoms. The van der Waals surface area contributed by atoms with Gasteiger partial charge in [-0.1, -0.05) is 51.1 Å². The summed E-state index contributed by atoms with van der Waals surface area (Å²) in [6, 6.07) is 8.38. The Morgan fingerprint density at radius 2 is 1.69 bits per heavy atom. The van der Waals surface area contributed by atoms with E-state index in [2.05, 4.69) is 22.9 Å². The Kier molecular flexibility index (Phi) is 11.0. The van der Waals surface area contributed by atoms with E-state index in [-0.39, 0.29) is 23.7 Å². The maximum Gasteiger partial charge on any atom is 0.312 e. The highest BCUT2D eigenvalue weighted by Gasteiger charge is 2.27. The Bertz CT molecular complexity index is 649. The van der Waals surface area contributed by atoms with Gasteiger partial charge in [-0.25, -0.2) is 4.79 Å². The van der Waals surface area contributed by atoms with Crippen LogP contribution in [0.25, 0.3) is 0 Å². The topological polar surface area (TPSA) is 113 Å². The van der Waals surface area contributed by atoms with E-state index < -0.39 is 18.1 Å². The average molecular weight is 405 g/mol. The minimum atomic E-state index is -0.596. The average Bonchev–Trinajstić information content (AvgIpc) is 2.69. The third-order valence-electron chi connectivity index (χ3n) is 4.89. The predicted octanol–water partition coefficient (Wildman–Crippen LogP) is 2.14. The van der Waals surface area contributed by atoms with Gasteiger partial charge in [0.15, 0.2) is 5.78 Å². The first kappa shape index (κ1) is 24.6. The number of rotatable bonds is 13. The van der Waals surface area contributed by atoms with Gasteiger partial charge in [0.1, 0.15) is 0 Å². The molecule has 1 aromatic rings. The van der Waals surface area contributed by atoms with Crippen LogP contribution in [0.2, 0.25) is 0 Å². The molecule has 0 aliphatic rings. The van der Waals surface area contributed by atoms with Crippen LogP contribution in [0.15, 0.2) is 30.3 Å². The van der Waals surface area contributed by atoms with Crippen molar-refractivity contribution in [2.45, 2.75) is 71.5 Å². The lowest BCUT2D eigenvalue weighted by Gasteiger charge is -2.26. The number of hydrogen-bond acceptors (Lipinski definition) is 4. The van der Waals surface area contributed by atoms with E-state index in [0.29, 0.717) is 25.8 Å². The lowest BCUT2D eigenvalue weighted by Crippen LogP contribution is -2.53. The number of amides is 3. The molecule has 0 saturated heterocycles. The molecule has 0 heterocycles. The lowest BCUT2D eigenvalue weighted by molar-refractivity contribution is -0.130. The molecule has 1 unspecified atom stereocenters. The zero-order valence-corrected chi connectivity index (χ0v) is 18.0. The second-order valence-corrected chi connectivity index (χ2v) is 7.77. The molecule has 7 nitrogen and oxygen atoms in total. The number of nitrogens with two attached hydrogens (primary N) is 1. The van der Waals surface area contributed by atoms with Gasteiger partial charge in [-0.3, -0.25) is 9.59 Å². The van der Waals surface area contributed by atoms with Crippen LogP contribution in [0.1, 0.15) is 52.5 Å². The summed E-state index contributed by atoms with van der Waals surface area (Å²) in [6.45, 7) is 8.11. The maximum absolute atomic E-state index is 13.1. The van der Waals surface area contributed by atoms with Crippen molar-refractivity contribution in [1.29, 1.82) is 0 Å². The van der Waals surface area contributed by atoms with Crippen LogP contribution in [-0.2, 0) is 16.0 Å². The summed E-state index contributed by atoms with van der Waals surface area (Å²) in [5.74, 6) is -0.394. The van der Waals surface area contributed by atoms with Crippen molar-refractivity contribution in [2.75, 3.05) is 6.54 Å². The summed E-state index contributed by atoms with van der Waals surface area (Å²) in [5.41, 5.74) is 6.13. The number of carbonyl (C=O) groups is 3. The van der Waals surface area contributed by atoms with Crippen molar-refractivity contribution >= 4 is 17.7 Å². The molecule has 0 aromatic heterocycles. The summed E-state index contributed by atoms with van der Waals surface area (Å²) in [5, 5.41) is 8.83. The molecule has 5 N–H and O–H groups in total. The first-order chi connectivity index (χ1) is 13.7. The number of Topliss-reactive ketones (excluding diaryl/α,β-unsaturated/α-hetero) is 1. The smallest absolute Gasteiger partial charge is 0.312 e. The number of benzene rings is 1. The van der Waals surface area contributed by atoms with Gasteiger partial charge in [-0.2, -0.15) is 0 Å². The van der Waals surface area contributed by atoms with E-state index in [4.69, 9.17) is 5.73 Å². The maximum atomic E-state index is 13.1. The molecule has 0 aliphatic heterocycles. The van der Waals surface area contributed by atoms with Crippen LogP contribution in [0, 0.1) is 5.92 Å². The highest BCUT2D eigenvalue weighted by Crippen LogP contribution is 2.09. The van der Waals surface area contributed by atoms with Gasteiger partial charge in [0.2, 0.25) is 5.91 Å². The Balaban J connectivity index is 2.85. The predicted molar refractivity (Wildman–Crippen MR) is 115 cm³/mol. The Morgan fingerprint density at radius 1 is 1.03 bits per heavy atom. The molecule has 162 valence electrons. The molecule has 0 saturated carbocycles. The van der Waals surface area contributed by atoms with Gasteiger partial charge in [0.25, 0.3) is 0 Å². The van der Waals surface area contributed by atoms with Gasteiger partial charge < -0.3 is 21.7 Å². The monoisotopic (exact) mass is 404 g/mol. The van der Waals surface area contributed by atoms with Crippen LogP contribution in [0.5, 0.6) is 0 Å². The fraction of sp³-hybridized carbons (Fsp3) is 0.591. The Hall–Kier alpha value is -2.41. The molecule has 29 heavy (non-hydrogen) atoms. The molecule has 1 rings (SSSR count). The summed E-state index contributed by atoms with van der Waals surface area (Å²) < 4.78 is 0. The standard InChI is InChI=1S/C22H36N4O3/c1-5-16(4)25-19(14-17-10-7-6-8-11-17)21(28)26-18(20(27)15(2)3)12-9-13-24-22(23)29/h6-8,10-11,15-16,18-19,25H,5,9,12-14H2,1-4H3,(H,26,28)(H3,23,24,29)/t16?,18-,19-/m0/s1.